The molecule has 0 aliphatic heterocycles. The molecule has 0 aliphatic carbocycles. The molecule has 0 amide bonds. The fourth-order valence-electron chi connectivity index (χ4n) is 1.65. The molecule has 3 rings (SSSR count). The third kappa shape index (κ3) is 7.70. The van der Waals surface area contributed by atoms with Gasteiger partial charge in [0.25, 0.3) is 0 Å². The van der Waals surface area contributed by atoms with Crippen LogP contribution in [0, 0.1) is 51.7 Å². The smallest absolute Gasteiger partial charge is 0.507 e. The first-order valence-corrected chi connectivity index (χ1v) is 7.89. The van der Waals surface area contributed by atoms with Crippen LogP contribution in [-0.4, -0.2) is 27.3 Å². The van der Waals surface area contributed by atoms with Crippen molar-refractivity contribution in [1.29, 1.82) is 10.5 Å². The van der Waals surface area contributed by atoms with Crippen LogP contribution >= 0.6 is 0 Å². The third-order valence-electron chi connectivity index (χ3n) is 2.95. The molecule has 0 atom stereocenters. The maximum Gasteiger partial charge on any atom is 0.707 e. The lowest BCUT2D eigenvalue weighted by atomic mass is 10.2. The topological polar surface area (TPSA) is 123 Å². The number of nitrogens with zero attached hydrogens (tertiary/aromatic N) is 4. The zero-order chi connectivity index (χ0) is 23.4. The number of nitriles is 2. The Labute approximate surface area is 172 Å². The summed E-state index contributed by atoms with van der Waals surface area (Å²) in [5.41, 5.74) is 0.931. The average Bonchev–Trinajstić information content (AvgIpc) is 2.81. The highest BCUT2D eigenvalue weighted by atomic mass is 19.2. The molecule has 0 fully saturated rings. The van der Waals surface area contributed by atoms with Gasteiger partial charge in [-0.3, -0.25) is 0 Å². The quantitative estimate of drug-likeness (QED) is 0.274. The number of hydrogen-bond acceptors (Lipinski definition) is 7. The lowest BCUT2D eigenvalue weighted by Crippen LogP contribution is -2.23. The van der Waals surface area contributed by atoms with Crippen molar-refractivity contribution in [2.45, 2.75) is 0 Å². The monoisotopic (exact) mass is 436 g/mol. The second-order valence-electron chi connectivity index (χ2n) is 5.00. The molecule has 0 radical (unpaired) electrons. The Hall–Kier alpha value is -4.07. The molecule has 0 spiro atoms. The zero-order valence-electron chi connectivity index (χ0n) is 15.2. The summed E-state index contributed by atoms with van der Waals surface area (Å²) in [7, 11) is -2.70. The van der Waals surface area contributed by atoms with Crippen LogP contribution < -0.4 is 4.65 Å². The van der Waals surface area contributed by atoms with Crippen molar-refractivity contribution < 1.29 is 36.7 Å². The summed E-state index contributed by atoms with van der Waals surface area (Å²) >= 11 is 0. The van der Waals surface area contributed by atoms with Crippen LogP contribution in [0.3, 0.4) is 0 Å². The van der Waals surface area contributed by atoms with Gasteiger partial charge in [-0.25, -0.2) is 23.1 Å². The van der Waals surface area contributed by atoms with Gasteiger partial charge in [-0.05, 0) is 24.3 Å². The van der Waals surface area contributed by atoms with E-state index in [0.29, 0.717) is 11.4 Å². The van der Waals surface area contributed by atoms with Crippen molar-refractivity contribution in [1.82, 2.24) is 9.97 Å². The van der Waals surface area contributed by atoms with Crippen LogP contribution in [0.2, 0.25) is 0 Å². The van der Waals surface area contributed by atoms with Crippen LogP contribution in [0.5, 0.6) is 5.75 Å². The molecule has 0 aliphatic rings. The Morgan fingerprint density at radius 3 is 1.35 bits per heavy atom. The van der Waals surface area contributed by atoms with Gasteiger partial charge in [0.15, 0.2) is 5.75 Å². The van der Waals surface area contributed by atoms with Gasteiger partial charge in [0, 0.05) is 12.4 Å². The van der Waals surface area contributed by atoms with E-state index in [9.17, 15) is 22.0 Å². The van der Waals surface area contributed by atoms with Crippen LogP contribution in [0.1, 0.15) is 11.4 Å². The molecule has 31 heavy (non-hydrogen) atoms. The lowest BCUT2D eigenvalue weighted by molar-refractivity contribution is 0.263. The maximum absolute atomic E-state index is 12.7. The van der Waals surface area contributed by atoms with Crippen LogP contribution in [-0.2, 0) is 0 Å². The SMILES string of the molecule is N#Cc1ccccn1.N#Cc1ccccn1.OB(O)Oc1c(F)c(F)c(F)c(F)c1F. The summed E-state index contributed by atoms with van der Waals surface area (Å²) in [6.07, 6.45) is 3.19. The number of rotatable bonds is 2. The normalized spacial score (nSPS) is 9.06. The highest BCUT2D eigenvalue weighted by Gasteiger charge is 2.29. The second kappa shape index (κ2) is 12.5. The summed E-state index contributed by atoms with van der Waals surface area (Å²) in [5.74, 6) is -13.1. The van der Waals surface area contributed by atoms with Gasteiger partial charge in [0.2, 0.25) is 29.1 Å². The Morgan fingerprint density at radius 2 is 1.10 bits per heavy atom. The van der Waals surface area contributed by atoms with Gasteiger partial charge in [-0.2, -0.15) is 19.3 Å². The Bertz CT molecular complexity index is 999. The van der Waals surface area contributed by atoms with E-state index in [-0.39, 0.29) is 0 Å². The molecule has 7 nitrogen and oxygen atoms in total. The molecule has 2 aromatic heterocycles. The molecule has 3 aromatic rings. The van der Waals surface area contributed by atoms with E-state index in [4.69, 9.17) is 20.6 Å². The second-order valence-corrected chi connectivity index (χ2v) is 5.00. The summed E-state index contributed by atoms with van der Waals surface area (Å²) < 4.78 is 66.3. The van der Waals surface area contributed by atoms with Crippen molar-refractivity contribution >= 4 is 7.32 Å². The van der Waals surface area contributed by atoms with Gasteiger partial charge in [-0.15, -0.1) is 0 Å². The van der Waals surface area contributed by atoms with Crippen molar-refractivity contribution in [2.75, 3.05) is 0 Å². The zero-order valence-corrected chi connectivity index (χ0v) is 15.2. The maximum atomic E-state index is 12.7. The van der Waals surface area contributed by atoms with E-state index in [1.54, 1.807) is 48.8 Å². The minimum absolute atomic E-state index is 0.465. The minimum atomic E-state index is -2.70. The molecule has 1 aromatic carbocycles. The van der Waals surface area contributed by atoms with Crippen molar-refractivity contribution in [2.24, 2.45) is 0 Å². The molecule has 158 valence electrons. The highest BCUT2D eigenvalue weighted by molar-refractivity contribution is 6.33. The van der Waals surface area contributed by atoms with Crippen LogP contribution in [0.4, 0.5) is 22.0 Å². The van der Waals surface area contributed by atoms with Crippen molar-refractivity contribution in [3.63, 3.8) is 0 Å². The molecule has 0 saturated heterocycles. The van der Waals surface area contributed by atoms with Crippen LogP contribution in [0.25, 0.3) is 0 Å². The number of benzene rings is 1. The molecule has 13 heteroatoms. The van der Waals surface area contributed by atoms with E-state index in [0.717, 1.165) is 0 Å². The molecule has 0 bridgehead atoms. The van der Waals surface area contributed by atoms with Crippen molar-refractivity contribution in [3.05, 3.63) is 89.3 Å². The first-order valence-electron chi connectivity index (χ1n) is 7.89. The van der Waals surface area contributed by atoms with Gasteiger partial charge in [0.1, 0.15) is 23.5 Å². The number of aromatic nitrogens is 2. The molecule has 0 saturated carbocycles. The van der Waals surface area contributed by atoms with Crippen molar-refractivity contribution in [3.8, 4) is 17.9 Å². The molecular weight excluding hydrogens is 426 g/mol. The molecular formula is C18H10BF5N4O3. The Kier molecular flexibility index (Phi) is 10.1. The molecule has 0 unspecified atom stereocenters. The lowest BCUT2D eigenvalue weighted by Gasteiger charge is -2.08. The first-order chi connectivity index (χ1) is 14.7. The summed E-state index contributed by atoms with van der Waals surface area (Å²) in [5, 5.41) is 32.8. The van der Waals surface area contributed by atoms with E-state index in [1.165, 1.54) is 0 Å². The summed E-state index contributed by atoms with van der Waals surface area (Å²) in [6, 6.07) is 14.3. The van der Waals surface area contributed by atoms with Gasteiger partial charge in [0.05, 0.1) is 0 Å². The fourth-order valence-corrected chi connectivity index (χ4v) is 1.65. The summed E-state index contributed by atoms with van der Waals surface area (Å²) in [4.78, 5) is 7.47. The van der Waals surface area contributed by atoms with Gasteiger partial charge in [-0.1, -0.05) is 12.1 Å². The Morgan fingerprint density at radius 1 is 0.710 bits per heavy atom. The standard InChI is InChI=1S/C6H2BF5O3.2C6H4N2/c8-1-2(9)4(11)6(15-7(13)14)5(12)3(1)10;2*7-5-6-3-1-2-4-8-6/h13-14H;2*1-4H. The number of pyridine rings is 2. The molecule has 2 heterocycles. The molecule has 2 N–H and O–H groups in total. The largest absolute Gasteiger partial charge is 0.707 e. The predicted molar refractivity (Wildman–Crippen MR) is 95.0 cm³/mol. The predicted octanol–water partition coefficient (Wildman–Crippen LogP) is 2.64. The highest BCUT2D eigenvalue weighted by Crippen LogP contribution is 2.28. The minimum Gasteiger partial charge on any atom is -0.507 e. The number of hydrogen-bond donors (Lipinski definition) is 2. The average molecular weight is 436 g/mol. The summed E-state index contributed by atoms with van der Waals surface area (Å²) in [6.45, 7) is 0. The first kappa shape index (κ1) is 25.0. The van der Waals surface area contributed by atoms with Gasteiger partial charge >= 0.3 is 7.32 Å². The third-order valence-corrected chi connectivity index (χ3v) is 2.95. The Balaban J connectivity index is 0.000000253. The van der Waals surface area contributed by atoms with Crippen LogP contribution in [0.15, 0.2) is 48.8 Å². The van der Waals surface area contributed by atoms with Gasteiger partial charge < -0.3 is 14.7 Å². The van der Waals surface area contributed by atoms with E-state index >= 15 is 0 Å². The van der Waals surface area contributed by atoms with E-state index in [2.05, 4.69) is 14.6 Å². The van der Waals surface area contributed by atoms with E-state index in [1.807, 2.05) is 12.1 Å². The fraction of sp³-hybridized carbons (Fsp3) is 0. The number of halogens is 5. The van der Waals surface area contributed by atoms with E-state index < -0.39 is 42.2 Å².